The SMILES string of the molecule is Cc1cc(NCC(C)CCN)ncc1Br. The van der Waals surface area contributed by atoms with E-state index < -0.39 is 0 Å². The van der Waals surface area contributed by atoms with Crippen LogP contribution in [0.2, 0.25) is 0 Å². The minimum absolute atomic E-state index is 0.584. The monoisotopic (exact) mass is 271 g/mol. The van der Waals surface area contributed by atoms with Gasteiger partial charge in [-0.1, -0.05) is 6.92 Å². The van der Waals surface area contributed by atoms with Crippen molar-refractivity contribution in [2.45, 2.75) is 20.3 Å². The molecule has 1 aromatic heterocycles. The molecule has 0 radical (unpaired) electrons. The van der Waals surface area contributed by atoms with Crippen molar-refractivity contribution < 1.29 is 0 Å². The topological polar surface area (TPSA) is 50.9 Å². The summed E-state index contributed by atoms with van der Waals surface area (Å²) < 4.78 is 1.04. The molecule has 0 amide bonds. The molecule has 4 heteroatoms. The number of aryl methyl sites for hydroxylation is 1. The molecule has 0 saturated carbocycles. The Bertz CT molecular complexity index is 315. The first-order valence-electron chi connectivity index (χ1n) is 5.19. The minimum Gasteiger partial charge on any atom is -0.370 e. The Balaban J connectivity index is 2.47. The van der Waals surface area contributed by atoms with E-state index in [2.05, 4.69) is 40.1 Å². The van der Waals surface area contributed by atoms with Crippen molar-refractivity contribution >= 4 is 21.7 Å². The first-order valence-corrected chi connectivity index (χ1v) is 5.99. The Labute approximate surface area is 99.6 Å². The Kier molecular flexibility index (Phi) is 5.05. The highest BCUT2D eigenvalue weighted by Crippen LogP contribution is 2.17. The van der Waals surface area contributed by atoms with Crippen LogP contribution in [0.25, 0.3) is 0 Å². The molecular weight excluding hydrogens is 254 g/mol. The Morgan fingerprint density at radius 3 is 2.93 bits per heavy atom. The second-order valence-corrected chi connectivity index (χ2v) is 4.74. The molecule has 0 fully saturated rings. The molecule has 84 valence electrons. The molecule has 0 spiro atoms. The lowest BCUT2D eigenvalue weighted by molar-refractivity contribution is 0.567. The average Bonchev–Trinajstić information content (AvgIpc) is 2.20. The summed E-state index contributed by atoms with van der Waals surface area (Å²) in [6, 6.07) is 2.04. The number of rotatable bonds is 5. The van der Waals surface area contributed by atoms with Gasteiger partial charge in [0, 0.05) is 17.2 Å². The average molecular weight is 272 g/mol. The zero-order valence-corrected chi connectivity index (χ0v) is 10.8. The molecule has 3 nitrogen and oxygen atoms in total. The number of halogens is 1. The Morgan fingerprint density at radius 1 is 1.60 bits per heavy atom. The highest BCUT2D eigenvalue weighted by atomic mass is 79.9. The highest BCUT2D eigenvalue weighted by Gasteiger charge is 2.02. The third-order valence-corrected chi connectivity index (χ3v) is 3.17. The van der Waals surface area contributed by atoms with Gasteiger partial charge in [0.2, 0.25) is 0 Å². The van der Waals surface area contributed by atoms with Crippen molar-refractivity contribution in [1.82, 2.24) is 4.98 Å². The van der Waals surface area contributed by atoms with Gasteiger partial charge < -0.3 is 11.1 Å². The zero-order valence-electron chi connectivity index (χ0n) is 9.26. The number of nitrogens with zero attached hydrogens (tertiary/aromatic N) is 1. The molecule has 1 unspecified atom stereocenters. The van der Waals surface area contributed by atoms with E-state index in [0.717, 1.165) is 29.8 Å². The summed E-state index contributed by atoms with van der Waals surface area (Å²) in [6.07, 6.45) is 2.87. The van der Waals surface area contributed by atoms with Gasteiger partial charge in [-0.05, 0) is 53.4 Å². The van der Waals surface area contributed by atoms with Crippen LogP contribution in [0.15, 0.2) is 16.7 Å². The van der Waals surface area contributed by atoms with Crippen LogP contribution in [0, 0.1) is 12.8 Å². The number of anilines is 1. The van der Waals surface area contributed by atoms with E-state index >= 15 is 0 Å². The number of pyridine rings is 1. The fourth-order valence-corrected chi connectivity index (χ4v) is 1.52. The van der Waals surface area contributed by atoms with Crippen LogP contribution in [-0.4, -0.2) is 18.1 Å². The van der Waals surface area contributed by atoms with Crippen LogP contribution in [-0.2, 0) is 0 Å². The van der Waals surface area contributed by atoms with Crippen LogP contribution in [0.5, 0.6) is 0 Å². The number of hydrogen-bond donors (Lipinski definition) is 2. The summed E-state index contributed by atoms with van der Waals surface area (Å²) in [6.45, 7) is 5.91. The fraction of sp³-hybridized carbons (Fsp3) is 0.545. The van der Waals surface area contributed by atoms with E-state index in [4.69, 9.17) is 5.73 Å². The predicted molar refractivity (Wildman–Crippen MR) is 68.0 cm³/mol. The minimum atomic E-state index is 0.584. The van der Waals surface area contributed by atoms with Crippen LogP contribution < -0.4 is 11.1 Å². The number of aromatic nitrogens is 1. The quantitative estimate of drug-likeness (QED) is 0.866. The predicted octanol–water partition coefficient (Wildman–Crippen LogP) is 2.55. The summed E-state index contributed by atoms with van der Waals surface area (Å²) in [5, 5.41) is 3.31. The Morgan fingerprint density at radius 2 is 2.33 bits per heavy atom. The maximum Gasteiger partial charge on any atom is 0.126 e. The molecule has 3 N–H and O–H groups in total. The van der Waals surface area contributed by atoms with Crippen molar-refractivity contribution in [3.05, 3.63) is 22.3 Å². The lowest BCUT2D eigenvalue weighted by atomic mass is 10.1. The number of nitrogens with two attached hydrogens (primary N) is 1. The molecule has 0 aliphatic rings. The molecule has 15 heavy (non-hydrogen) atoms. The van der Waals surface area contributed by atoms with Gasteiger partial charge in [0.25, 0.3) is 0 Å². The van der Waals surface area contributed by atoms with E-state index in [1.807, 2.05) is 12.3 Å². The maximum atomic E-state index is 5.49. The molecule has 1 atom stereocenters. The van der Waals surface area contributed by atoms with Gasteiger partial charge in [-0.3, -0.25) is 0 Å². The summed E-state index contributed by atoms with van der Waals surface area (Å²) in [5.41, 5.74) is 6.69. The van der Waals surface area contributed by atoms with Gasteiger partial charge in [-0.15, -0.1) is 0 Å². The summed E-state index contributed by atoms with van der Waals surface area (Å²) in [4.78, 5) is 4.28. The second-order valence-electron chi connectivity index (χ2n) is 3.88. The van der Waals surface area contributed by atoms with Crippen LogP contribution in [0.1, 0.15) is 18.9 Å². The van der Waals surface area contributed by atoms with Crippen molar-refractivity contribution in [2.75, 3.05) is 18.4 Å². The van der Waals surface area contributed by atoms with Crippen LogP contribution in [0.4, 0.5) is 5.82 Å². The fourth-order valence-electron chi connectivity index (χ4n) is 1.30. The number of nitrogens with one attached hydrogen (secondary N) is 1. The van der Waals surface area contributed by atoms with Gasteiger partial charge in [-0.25, -0.2) is 4.98 Å². The summed E-state index contributed by atoms with van der Waals surface area (Å²) in [5.74, 6) is 1.51. The molecule has 1 aromatic rings. The lowest BCUT2D eigenvalue weighted by Gasteiger charge is -2.12. The molecule has 0 aromatic carbocycles. The van der Waals surface area contributed by atoms with Crippen molar-refractivity contribution in [3.63, 3.8) is 0 Å². The largest absolute Gasteiger partial charge is 0.370 e. The third-order valence-electron chi connectivity index (χ3n) is 2.34. The first kappa shape index (κ1) is 12.5. The van der Waals surface area contributed by atoms with E-state index in [-0.39, 0.29) is 0 Å². The third kappa shape index (κ3) is 4.18. The molecule has 1 heterocycles. The zero-order chi connectivity index (χ0) is 11.3. The molecule has 0 aliphatic carbocycles. The Hall–Kier alpha value is -0.610. The van der Waals surface area contributed by atoms with Crippen LogP contribution in [0.3, 0.4) is 0 Å². The van der Waals surface area contributed by atoms with Gasteiger partial charge in [0.1, 0.15) is 5.82 Å². The van der Waals surface area contributed by atoms with E-state index in [9.17, 15) is 0 Å². The molecular formula is C11H18BrN3. The van der Waals surface area contributed by atoms with Crippen molar-refractivity contribution in [1.29, 1.82) is 0 Å². The number of hydrogen-bond acceptors (Lipinski definition) is 3. The van der Waals surface area contributed by atoms with E-state index in [0.29, 0.717) is 5.92 Å². The van der Waals surface area contributed by atoms with Gasteiger partial charge in [0.05, 0.1) is 0 Å². The highest BCUT2D eigenvalue weighted by molar-refractivity contribution is 9.10. The normalized spacial score (nSPS) is 12.5. The van der Waals surface area contributed by atoms with Crippen molar-refractivity contribution in [2.24, 2.45) is 11.7 Å². The maximum absolute atomic E-state index is 5.49. The molecule has 0 bridgehead atoms. The lowest BCUT2D eigenvalue weighted by Crippen LogP contribution is -2.15. The first-order chi connectivity index (χ1) is 7.13. The molecule has 1 rings (SSSR count). The van der Waals surface area contributed by atoms with Gasteiger partial charge in [0.15, 0.2) is 0 Å². The van der Waals surface area contributed by atoms with E-state index in [1.165, 1.54) is 5.56 Å². The molecule has 0 saturated heterocycles. The van der Waals surface area contributed by atoms with Crippen molar-refractivity contribution in [3.8, 4) is 0 Å². The summed E-state index contributed by atoms with van der Waals surface area (Å²) >= 11 is 3.43. The molecule has 0 aliphatic heterocycles. The van der Waals surface area contributed by atoms with Crippen LogP contribution >= 0.6 is 15.9 Å². The summed E-state index contributed by atoms with van der Waals surface area (Å²) in [7, 11) is 0. The van der Waals surface area contributed by atoms with Gasteiger partial charge >= 0.3 is 0 Å². The second kappa shape index (κ2) is 6.08. The standard InChI is InChI=1S/C11H18BrN3/c1-8(3-4-13)6-14-11-5-9(2)10(12)7-15-11/h5,7-8H,3-4,6,13H2,1-2H3,(H,14,15). The smallest absolute Gasteiger partial charge is 0.126 e. The van der Waals surface area contributed by atoms with E-state index in [1.54, 1.807) is 0 Å². The van der Waals surface area contributed by atoms with Gasteiger partial charge in [-0.2, -0.15) is 0 Å².